The van der Waals surface area contributed by atoms with E-state index in [0.717, 1.165) is 5.69 Å². The highest BCUT2D eigenvalue weighted by Crippen LogP contribution is 2.18. The van der Waals surface area contributed by atoms with Crippen LogP contribution in [0.3, 0.4) is 0 Å². The Balaban J connectivity index is 1.97. The van der Waals surface area contributed by atoms with Crippen molar-refractivity contribution in [3.8, 4) is 0 Å². The van der Waals surface area contributed by atoms with Crippen LogP contribution in [0.2, 0.25) is 5.02 Å². The minimum atomic E-state index is -0.493. The van der Waals surface area contributed by atoms with Crippen LogP contribution >= 0.6 is 11.6 Å². The summed E-state index contributed by atoms with van der Waals surface area (Å²) < 4.78 is 4.78. The predicted molar refractivity (Wildman–Crippen MR) is 79.6 cm³/mol. The molecular weight excluding hydrogens is 278 g/mol. The first-order valence-corrected chi connectivity index (χ1v) is 6.47. The van der Waals surface area contributed by atoms with Crippen molar-refractivity contribution in [2.75, 3.05) is 17.2 Å². The van der Waals surface area contributed by atoms with Gasteiger partial charge in [0.1, 0.15) is 5.82 Å². The summed E-state index contributed by atoms with van der Waals surface area (Å²) in [5, 5.41) is 6.37. The van der Waals surface area contributed by atoms with Crippen molar-refractivity contribution in [3.63, 3.8) is 0 Å². The number of hydrogen-bond acceptors (Lipinski definition) is 4. The number of hydrogen-bond donors (Lipinski definition) is 2. The van der Waals surface area contributed by atoms with Crippen LogP contribution in [0.15, 0.2) is 42.6 Å². The van der Waals surface area contributed by atoms with E-state index in [9.17, 15) is 4.79 Å². The first kappa shape index (κ1) is 14.1. The highest BCUT2D eigenvalue weighted by atomic mass is 35.5. The molecule has 0 fully saturated rings. The van der Waals surface area contributed by atoms with E-state index in [0.29, 0.717) is 23.1 Å². The Morgan fingerprint density at radius 3 is 2.50 bits per heavy atom. The molecule has 1 amide bonds. The Labute approximate surface area is 121 Å². The van der Waals surface area contributed by atoms with Gasteiger partial charge >= 0.3 is 6.09 Å². The number of benzene rings is 1. The second kappa shape index (κ2) is 6.77. The van der Waals surface area contributed by atoms with Crippen molar-refractivity contribution < 1.29 is 9.53 Å². The third-order valence-corrected chi connectivity index (χ3v) is 2.65. The predicted octanol–water partition coefficient (Wildman–Crippen LogP) is 4.05. The molecule has 0 spiro atoms. The van der Waals surface area contributed by atoms with E-state index in [1.165, 1.54) is 0 Å². The van der Waals surface area contributed by atoms with Crippen LogP contribution in [0.1, 0.15) is 6.92 Å². The summed E-state index contributed by atoms with van der Waals surface area (Å²) in [4.78, 5) is 15.4. The maximum absolute atomic E-state index is 11.2. The molecule has 0 radical (unpaired) electrons. The Morgan fingerprint density at radius 2 is 1.90 bits per heavy atom. The van der Waals surface area contributed by atoms with Crippen LogP contribution in [0.5, 0.6) is 0 Å². The average molecular weight is 292 g/mol. The fourth-order valence-corrected chi connectivity index (χ4v) is 1.63. The van der Waals surface area contributed by atoms with E-state index in [1.807, 2.05) is 12.1 Å². The lowest BCUT2D eigenvalue weighted by atomic mass is 10.3. The van der Waals surface area contributed by atoms with Gasteiger partial charge in [-0.1, -0.05) is 11.6 Å². The SMILES string of the molecule is CCOC(=O)Nc1ccc(Nc2ccc(Cl)cc2)nc1. The van der Waals surface area contributed by atoms with Crippen molar-refractivity contribution >= 4 is 34.9 Å². The molecule has 2 rings (SSSR count). The Kier molecular flexibility index (Phi) is 4.79. The molecule has 0 atom stereocenters. The molecule has 0 aliphatic heterocycles. The topological polar surface area (TPSA) is 63.2 Å². The molecule has 1 heterocycles. The van der Waals surface area contributed by atoms with E-state index in [-0.39, 0.29) is 0 Å². The number of aromatic nitrogens is 1. The number of amides is 1. The van der Waals surface area contributed by atoms with Gasteiger partial charge in [-0.05, 0) is 43.3 Å². The molecule has 104 valence electrons. The van der Waals surface area contributed by atoms with Crippen molar-refractivity contribution in [1.82, 2.24) is 4.98 Å². The van der Waals surface area contributed by atoms with Crippen LogP contribution in [0.4, 0.5) is 22.0 Å². The number of pyridine rings is 1. The Hall–Kier alpha value is -2.27. The number of rotatable bonds is 4. The first-order valence-electron chi connectivity index (χ1n) is 6.10. The minimum Gasteiger partial charge on any atom is -0.450 e. The monoisotopic (exact) mass is 291 g/mol. The molecule has 6 heteroatoms. The van der Waals surface area contributed by atoms with Gasteiger partial charge < -0.3 is 10.1 Å². The molecule has 0 bridgehead atoms. The number of ether oxygens (including phenoxy) is 1. The number of carbonyl (C=O) groups is 1. The van der Waals surface area contributed by atoms with Gasteiger partial charge in [-0.25, -0.2) is 9.78 Å². The van der Waals surface area contributed by atoms with E-state index in [1.54, 1.807) is 37.4 Å². The second-order valence-corrected chi connectivity index (χ2v) is 4.35. The van der Waals surface area contributed by atoms with Crippen molar-refractivity contribution in [3.05, 3.63) is 47.6 Å². The summed E-state index contributed by atoms with van der Waals surface area (Å²) in [6, 6.07) is 10.8. The zero-order chi connectivity index (χ0) is 14.4. The highest BCUT2D eigenvalue weighted by Gasteiger charge is 2.02. The van der Waals surface area contributed by atoms with E-state index in [2.05, 4.69) is 15.6 Å². The van der Waals surface area contributed by atoms with E-state index in [4.69, 9.17) is 16.3 Å². The van der Waals surface area contributed by atoms with Crippen molar-refractivity contribution in [2.24, 2.45) is 0 Å². The summed E-state index contributed by atoms with van der Waals surface area (Å²) in [7, 11) is 0. The highest BCUT2D eigenvalue weighted by molar-refractivity contribution is 6.30. The fourth-order valence-electron chi connectivity index (χ4n) is 1.51. The smallest absolute Gasteiger partial charge is 0.411 e. The van der Waals surface area contributed by atoms with Gasteiger partial charge in [-0.15, -0.1) is 0 Å². The molecule has 0 aliphatic rings. The molecular formula is C14H14ClN3O2. The van der Waals surface area contributed by atoms with Gasteiger partial charge in [0.15, 0.2) is 0 Å². The van der Waals surface area contributed by atoms with Gasteiger partial charge in [-0.3, -0.25) is 5.32 Å². The van der Waals surface area contributed by atoms with E-state index < -0.39 is 6.09 Å². The summed E-state index contributed by atoms with van der Waals surface area (Å²) in [5.41, 5.74) is 1.46. The Morgan fingerprint density at radius 1 is 1.20 bits per heavy atom. The molecule has 20 heavy (non-hydrogen) atoms. The average Bonchev–Trinajstić information content (AvgIpc) is 2.44. The zero-order valence-electron chi connectivity index (χ0n) is 10.9. The van der Waals surface area contributed by atoms with Crippen LogP contribution < -0.4 is 10.6 Å². The Bertz CT molecular complexity index is 570. The number of carbonyl (C=O) groups excluding carboxylic acids is 1. The quantitative estimate of drug-likeness (QED) is 0.892. The molecule has 0 unspecified atom stereocenters. The molecule has 2 aromatic rings. The third-order valence-electron chi connectivity index (χ3n) is 2.40. The fraction of sp³-hybridized carbons (Fsp3) is 0.143. The van der Waals surface area contributed by atoms with Gasteiger partial charge in [0.05, 0.1) is 18.5 Å². The van der Waals surface area contributed by atoms with Crippen LogP contribution in [0, 0.1) is 0 Å². The van der Waals surface area contributed by atoms with Crippen LogP contribution in [-0.2, 0) is 4.74 Å². The lowest BCUT2D eigenvalue weighted by Crippen LogP contribution is -2.13. The van der Waals surface area contributed by atoms with Gasteiger partial charge in [0, 0.05) is 10.7 Å². The van der Waals surface area contributed by atoms with Gasteiger partial charge in [-0.2, -0.15) is 0 Å². The zero-order valence-corrected chi connectivity index (χ0v) is 11.6. The van der Waals surface area contributed by atoms with Gasteiger partial charge in [0.25, 0.3) is 0 Å². The van der Waals surface area contributed by atoms with E-state index >= 15 is 0 Å². The molecule has 5 nitrogen and oxygen atoms in total. The third kappa shape index (κ3) is 4.13. The number of nitrogens with zero attached hydrogens (tertiary/aromatic N) is 1. The lowest BCUT2D eigenvalue weighted by Gasteiger charge is -2.07. The molecule has 2 N–H and O–H groups in total. The molecule has 1 aromatic heterocycles. The number of halogens is 1. The lowest BCUT2D eigenvalue weighted by molar-refractivity contribution is 0.168. The summed E-state index contributed by atoms with van der Waals surface area (Å²) in [5.74, 6) is 0.668. The second-order valence-electron chi connectivity index (χ2n) is 3.91. The molecule has 0 saturated carbocycles. The first-order chi connectivity index (χ1) is 9.67. The van der Waals surface area contributed by atoms with Crippen LogP contribution in [-0.4, -0.2) is 17.7 Å². The number of nitrogens with one attached hydrogen (secondary N) is 2. The maximum atomic E-state index is 11.2. The minimum absolute atomic E-state index is 0.329. The van der Waals surface area contributed by atoms with Crippen LogP contribution in [0.25, 0.3) is 0 Å². The normalized spacial score (nSPS) is 9.90. The summed E-state index contributed by atoms with van der Waals surface area (Å²) >= 11 is 5.81. The summed E-state index contributed by atoms with van der Waals surface area (Å²) in [6.07, 6.45) is 1.06. The van der Waals surface area contributed by atoms with Crippen molar-refractivity contribution in [1.29, 1.82) is 0 Å². The molecule has 0 aliphatic carbocycles. The largest absolute Gasteiger partial charge is 0.450 e. The van der Waals surface area contributed by atoms with Crippen molar-refractivity contribution in [2.45, 2.75) is 6.92 Å². The standard InChI is InChI=1S/C14H14ClN3O2/c1-2-20-14(19)18-12-7-8-13(16-9-12)17-11-5-3-10(15)4-6-11/h3-9H,2H2,1H3,(H,16,17)(H,18,19). The number of anilines is 3. The molecule has 1 aromatic carbocycles. The maximum Gasteiger partial charge on any atom is 0.411 e. The van der Waals surface area contributed by atoms with Gasteiger partial charge in [0.2, 0.25) is 0 Å². The molecule has 0 saturated heterocycles. The summed E-state index contributed by atoms with van der Waals surface area (Å²) in [6.45, 7) is 2.08.